The summed E-state index contributed by atoms with van der Waals surface area (Å²) >= 11 is 3.35. The largest absolute Gasteiger partial charge is 0.381 e. The molecule has 2 aliphatic heterocycles. The number of hydrogen-bond donors (Lipinski definition) is 1. The monoisotopic (exact) mass is 392 g/mol. The van der Waals surface area contributed by atoms with Crippen LogP contribution in [0.1, 0.15) is 31.2 Å². The molecule has 1 unspecified atom stereocenters. The number of nitriles is 1. The first-order valence-electron chi connectivity index (χ1n) is 8.36. The van der Waals surface area contributed by atoms with Crippen molar-refractivity contribution in [2.75, 3.05) is 31.2 Å². The van der Waals surface area contributed by atoms with Crippen molar-refractivity contribution in [1.82, 2.24) is 10.3 Å². The maximum Gasteiger partial charge on any atom is 0.225 e. The van der Waals surface area contributed by atoms with E-state index in [2.05, 4.69) is 37.2 Å². The lowest BCUT2D eigenvalue weighted by molar-refractivity contribution is -0.126. The van der Waals surface area contributed by atoms with Crippen LogP contribution in [0.3, 0.4) is 0 Å². The summed E-state index contributed by atoms with van der Waals surface area (Å²) in [6.45, 7) is 2.87. The SMILES string of the molecule is N#Cc1cc(Br)cnc1N1CCCC(C(=O)NC2CCOCC2)C1. The van der Waals surface area contributed by atoms with Crippen LogP contribution < -0.4 is 10.2 Å². The van der Waals surface area contributed by atoms with Gasteiger partial charge in [0.05, 0.1) is 11.5 Å². The lowest BCUT2D eigenvalue weighted by Gasteiger charge is -2.34. The van der Waals surface area contributed by atoms with Crippen LogP contribution in [-0.2, 0) is 9.53 Å². The number of carbonyl (C=O) groups is 1. The maximum absolute atomic E-state index is 12.6. The van der Waals surface area contributed by atoms with Gasteiger partial charge in [0.25, 0.3) is 0 Å². The Morgan fingerprint density at radius 1 is 1.42 bits per heavy atom. The van der Waals surface area contributed by atoms with Gasteiger partial charge >= 0.3 is 0 Å². The molecule has 6 nitrogen and oxygen atoms in total. The van der Waals surface area contributed by atoms with Gasteiger partial charge < -0.3 is 15.0 Å². The standard InChI is InChI=1S/C17H21BrN4O2/c18-14-8-13(9-19)16(20-10-14)22-5-1-2-12(11-22)17(23)21-15-3-6-24-7-4-15/h8,10,12,15H,1-7,11H2,(H,21,23). The average molecular weight is 393 g/mol. The predicted molar refractivity (Wildman–Crippen MR) is 93.6 cm³/mol. The second-order valence-corrected chi connectivity index (χ2v) is 7.23. The highest BCUT2D eigenvalue weighted by molar-refractivity contribution is 9.10. The highest BCUT2D eigenvalue weighted by Gasteiger charge is 2.29. The van der Waals surface area contributed by atoms with E-state index >= 15 is 0 Å². The minimum Gasteiger partial charge on any atom is -0.381 e. The number of rotatable bonds is 3. The zero-order valence-corrected chi connectivity index (χ0v) is 15.1. The smallest absolute Gasteiger partial charge is 0.225 e. The molecule has 0 aromatic carbocycles. The number of nitrogens with zero attached hydrogens (tertiary/aromatic N) is 3. The van der Waals surface area contributed by atoms with Crippen LogP contribution in [0.5, 0.6) is 0 Å². The van der Waals surface area contributed by atoms with Gasteiger partial charge in [0.15, 0.2) is 0 Å². The molecule has 2 fully saturated rings. The molecular weight excluding hydrogens is 372 g/mol. The first-order valence-corrected chi connectivity index (χ1v) is 9.15. The van der Waals surface area contributed by atoms with Crippen LogP contribution in [0, 0.1) is 17.2 Å². The van der Waals surface area contributed by atoms with Gasteiger partial charge in [-0.1, -0.05) is 0 Å². The normalized spacial score (nSPS) is 22.0. The fourth-order valence-electron chi connectivity index (χ4n) is 3.31. The Morgan fingerprint density at radius 2 is 2.21 bits per heavy atom. The maximum atomic E-state index is 12.6. The molecule has 24 heavy (non-hydrogen) atoms. The van der Waals surface area contributed by atoms with E-state index in [9.17, 15) is 10.1 Å². The van der Waals surface area contributed by atoms with Crippen LogP contribution in [0.4, 0.5) is 5.82 Å². The fraction of sp³-hybridized carbons (Fsp3) is 0.588. The van der Waals surface area contributed by atoms with Crippen molar-refractivity contribution in [1.29, 1.82) is 5.26 Å². The zero-order valence-electron chi connectivity index (χ0n) is 13.5. The van der Waals surface area contributed by atoms with Crippen molar-refractivity contribution in [3.63, 3.8) is 0 Å². The summed E-state index contributed by atoms with van der Waals surface area (Å²) in [4.78, 5) is 19.0. The third-order valence-corrected chi connectivity index (χ3v) is 5.05. The van der Waals surface area contributed by atoms with Gasteiger partial charge in [0.1, 0.15) is 11.9 Å². The van der Waals surface area contributed by atoms with E-state index < -0.39 is 0 Å². The Bertz CT molecular complexity index is 640. The second-order valence-electron chi connectivity index (χ2n) is 6.32. The van der Waals surface area contributed by atoms with E-state index in [0.717, 1.165) is 49.9 Å². The molecule has 0 spiro atoms. The highest BCUT2D eigenvalue weighted by Crippen LogP contribution is 2.26. The topological polar surface area (TPSA) is 78.2 Å². The van der Waals surface area contributed by atoms with E-state index in [0.29, 0.717) is 17.9 Å². The Morgan fingerprint density at radius 3 is 2.96 bits per heavy atom. The molecule has 2 saturated heterocycles. The predicted octanol–water partition coefficient (Wildman–Crippen LogP) is 2.23. The quantitative estimate of drug-likeness (QED) is 0.852. The molecule has 128 valence electrons. The van der Waals surface area contributed by atoms with Crippen molar-refractivity contribution in [3.05, 3.63) is 22.3 Å². The molecule has 1 aromatic heterocycles. The van der Waals surface area contributed by atoms with E-state index in [1.165, 1.54) is 0 Å². The Kier molecular flexibility index (Phi) is 5.69. The number of hydrogen-bond acceptors (Lipinski definition) is 5. The van der Waals surface area contributed by atoms with Gasteiger partial charge in [0, 0.05) is 43.0 Å². The average Bonchev–Trinajstić information content (AvgIpc) is 2.62. The molecule has 1 amide bonds. The lowest BCUT2D eigenvalue weighted by atomic mass is 9.96. The van der Waals surface area contributed by atoms with E-state index in [-0.39, 0.29) is 17.9 Å². The van der Waals surface area contributed by atoms with Crippen molar-refractivity contribution in [2.45, 2.75) is 31.7 Å². The molecule has 1 aromatic rings. The van der Waals surface area contributed by atoms with Gasteiger partial charge in [-0.05, 0) is 47.7 Å². The number of anilines is 1. The molecule has 0 bridgehead atoms. The summed E-state index contributed by atoms with van der Waals surface area (Å²) in [6, 6.07) is 4.19. The van der Waals surface area contributed by atoms with E-state index in [1.54, 1.807) is 12.3 Å². The van der Waals surface area contributed by atoms with Crippen molar-refractivity contribution < 1.29 is 9.53 Å². The highest BCUT2D eigenvalue weighted by atomic mass is 79.9. The van der Waals surface area contributed by atoms with Crippen LogP contribution in [0.2, 0.25) is 0 Å². The number of amides is 1. The molecule has 0 radical (unpaired) electrons. The lowest BCUT2D eigenvalue weighted by Crippen LogP contribution is -2.47. The van der Waals surface area contributed by atoms with Gasteiger partial charge in [-0.3, -0.25) is 4.79 Å². The number of pyridine rings is 1. The number of piperidine rings is 1. The Hall–Kier alpha value is -1.65. The van der Waals surface area contributed by atoms with Crippen LogP contribution in [0.15, 0.2) is 16.7 Å². The van der Waals surface area contributed by atoms with Crippen molar-refractivity contribution in [2.24, 2.45) is 5.92 Å². The van der Waals surface area contributed by atoms with Gasteiger partial charge in [-0.25, -0.2) is 4.98 Å². The minimum atomic E-state index is -0.0569. The summed E-state index contributed by atoms with van der Waals surface area (Å²) in [5.41, 5.74) is 0.537. The summed E-state index contributed by atoms with van der Waals surface area (Å²) in [5, 5.41) is 12.5. The Balaban J connectivity index is 1.66. The van der Waals surface area contributed by atoms with E-state index in [4.69, 9.17) is 4.74 Å². The number of carbonyl (C=O) groups excluding carboxylic acids is 1. The Labute approximate surface area is 150 Å². The number of ether oxygens (including phenoxy) is 1. The number of halogens is 1. The number of nitrogens with one attached hydrogen (secondary N) is 1. The molecule has 1 atom stereocenters. The number of aromatic nitrogens is 1. The molecule has 2 aliphatic rings. The van der Waals surface area contributed by atoms with Crippen molar-refractivity contribution >= 4 is 27.7 Å². The van der Waals surface area contributed by atoms with Gasteiger partial charge in [-0.2, -0.15) is 5.26 Å². The third-order valence-electron chi connectivity index (χ3n) is 4.61. The summed E-state index contributed by atoms with van der Waals surface area (Å²) < 4.78 is 6.12. The molecule has 0 saturated carbocycles. The summed E-state index contributed by atoms with van der Waals surface area (Å²) in [6.07, 6.45) is 5.27. The fourth-order valence-corrected chi connectivity index (χ4v) is 3.64. The molecule has 7 heteroatoms. The molecule has 3 heterocycles. The van der Waals surface area contributed by atoms with Crippen molar-refractivity contribution in [3.8, 4) is 6.07 Å². The third kappa shape index (κ3) is 4.05. The first kappa shape index (κ1) is 17.2. The van der Waals surface area contributed by atoms with E-state index in [1.807, 2.05) is 0 Å². The molecule has 1 N–H and O–H groups in total. The molecule has 3 rings (SSSR count). The summed E-state index contributed by atoms with van der Waals surface area (Å²) in [7, 11) is 0. The summed E-state index contributed by atoms with van der Waals surface area (Å²) in [5.74, 6) is 0.727. The van der Waals surface area contributed by atoms with Crippen LogP contribution in [-0.4, -0.2) is 43.2 Å². The van der Waals surface area contributed by atoms with Crippen LogP contribution >= 0.6 is 15.9 Å². The molecular formula is C17H21BrN4O2. The van der Waals surface area contributed by atoms with Gasteiger partial charge in [-0.15, -0.1) is 0 Å². The molecule has 0 aliphatic carbocycles. The first-order chi connectivity index (χ1) is 11.7. The second kappa shape index (κ2) is 7.95. The zero-order chi connectivity index (χ0) is 16.9. The minimum absolute atomic E-state index is 0.0569. The van der Waals surface area contributed by atoms with Gasteiger partial charge in [0.2, 0.25) is 5.91 Å². The van der Waals surface area contributed by atoms with Crippen LogP contribution in [0.25, 0.3) is 0 Å².